The highest BCUT2D eigenvalue weighted by atomic mass is 32.2. The van der Waals surface area contributed by atoms with Gasteiger partial charge in [0.1, 0.15) is 0 Å². The van der Waals surface area contributed by atoms with Crippen LogP contribution in [0, 0.1) is 12.8 Å². The topological polar surface area (TPSA) is 54.4 Å². The predicted molar refractivity (Wildman–Crippen MR) is 83.6 cm³/mol. The molecule has 0 aromatic heterocycles. The minimum absolute atomic E-state index is 0.00479. The highest BCUT2D eigenvalue weighted by Crippen LogP contribution is 2.20. The van der Waals surface area contributed by atoms with Crippen LogP contribution in [0.3, 0.4) is 0 Å². The van der Waals surface area contributed by atoms with Crippen molar-refractivity contribution >= 4 is 9.84 Å². The zero-order chi connectivity index (χ0) is 15.4. The van der Waals surface area contributed by atoms with E-state index in [1.165, 1.54) is 5.56 Å². The molecule has 0 aliphatic rings. The van der Waals surface area contributed by atoms with E-state index in [0.29, 0.717) is 6.42 Å². The second kappa shape index (κ2) is 6.72. The van der Waals surface area contributed by atoms with Gasteiger partial charge >= 0.3 is 0 Å². The van der Waals surface area contributed by atoms with Crippen LogP contribution >= 0.6 is 0 Å². The fourth-order valence-corrected chi connectivity index (χ4v) is 3.20. The van der Waals surface area contributed by atoms with Gasteiger partial charge in [0.2, 0.25) is 0 Å². The SMILES string of the molecule is Cc1ccc(CC(CO)CCS(=O)(=O)C(C)(C)C)cc1. The van der Waals surface area contributed by atoms with Crippen LogP contribution in [0.25, 0.3) is 0 Å². The Balaban J connectivity index is 2.63. The van der Waals surface area contributed by atoms with Gasteiger partial charge in [-0.05, 0) is 52.0 Å². The van der Waals surface area contributed by atoms with Gasteiger partial charge in [-0.2, -0.15) is 0 Å². The Bertz CT molecular complexity index is 510. The van der Waals surface area contributed by atoms with Crippen LogP contribution in [0.4, 0.5) is 0 Å². The number of sulfone groups is 1. The van der Waals surface area contributed by atoms with Gasteiger partial charge in [-0.15, -0.1) is 0 Å². The Morgan fingerprint density at radius 2 is 1.70 bits per heavy atom. The Morgan fingerprint density at radius 3 is 2.15 bits per heavy atom. The molecule has 0 heterocycles. The summed E-state index contributed by atoms with van der Waals surface area (Å²) in [5.74, 6) is 0.128. The standard InChI is InChI=1S/C16H26O3S/c1-13-5-7-14(8-6-13)11-15(12-17)9-10-20(18,19)16(2,3)4/h5-8,15,17H,9-12H2,1-4H3. The first-order chi connectivity index (χ1) is 9.15. The quantitative estimate of drug-likeness (QED) is 0.878. The number of hydrogen-bond acceptors (Lipinski definition) is 3. The molecular weight excluding hydrogens is 272 g/mol. The summed E-state index contributed by atoms with van der Waals surface area (Å²) in [6.07, 6.45) is 1.22. The van der Waals surface area contributed by atoms with Crippen LogP contribution in [-0.4, -0.2) is 30.6 Å². The van der Waals surface area contributed by atoms with E-state index in [9.17, 15) is 13.5 Å². The summed E-state index contributed by atoms with van der Waals surface area (Å²) >= 11 is 0. The van der Waals surface area contributed by atoms with Crippen molar-refractivity contribution < 1.29 is 13.5 Å². The maximum absolute atomic E-state index is 12.1. The van der Waals surface area contributed by atoms with Crippen molar-refractivity contribution in [3.05, 3.63) is 35.4 Å². The number of benzene rings is 1. The van der Waals surface area contributed by atoms with E-state index in [1.54, 1.807) is 20.8 Å². The summed E-state index contributed by atoms with van der Waals surface area (Å²) in [5, 5.41) is 9.45. The summed E-state index contributed by atoms with van der Waals surface area (Å²) in [6.45, 7) is 7.21. The molecule has 0 spiro atoms. The average Bonchev–Trinajstić information content (AvgIpc) is 2.35. The van der Waals surface area contributed by atoms with E-state index in [4.69, 9.17) is 0 Å². The summed E-state index contributed by atoms with van der Waals surface area (Å²) in [5.41, 5.74) is 2.34. The summed E-state index contributed by atoms with van der Waals surface area (Å²) in [6, 6.07) is 8.15. The molecule has 3 nitrogen and oxygen atoms in total. The van der Waals surface area contributed by atoms with Crippen molar-refractivity contribution in [1.29, 1.82) is 0 Å². The van der Waals surface area contributed by atoms with Gasteiger partial charge in [0.15, 0.2) is 9.84 Å². The lowest BCUT2D eigenvalue weighted by atomic mass is 9.97. The van der Waals surface area contributed by atoms with Gasteiger partial charge in [-0.3, -0.25) is 0 Å². The van der Waals surface area contributed by atoms with Gasteiger partial charge in [0, 0.05) is 6.61 Å². The minimum atomic E-state index is -3.11. The first-order valence-corrected chi connectivity index (χ1v) is 8.69. The lowest BCUT2D eigenvalue weighted by molar-refractivity contribution is 0.222. The first-order valence-electron chi connectivity index (χ1n) is 7.04. The van der Waals surface area contributed by atoms with E-state index < -0.39 is 14.6 Å². The van der Waals surface area contributed by atoms with E-state index in [1.807, 2.05) is 31.2 Å². The molecule has 0 aliphatic heterocycles. The second-order valence-electron chi connectivity index (χ2n) is 6.46. The minimum Gasteiger partial charge on any atom is -0.396 e. The van der Waals surface area contributed by atoms with Crippen LogP contribution in [0.15, 0.2) is 24.3 Å². The molecule has 1 atom stereocenters. The third-order valence-corrected chi connectivity index (χ3v) is 6.27. The Labute approximate surface area is 123 Å². The van der Waals surface area contributed by atoms with Gasteiger partial charge < -0.3 is 5.11 Å². The normalized spacial score (nSPS) is 14.2. The van der Waals surface area contributed by atoms with Crippen LogP contribution in [-0.2, 0) is 16.3 Å². The summed E-state index contributed by atoms with van der Waals surface area (Å²) in [7, 11) is -3.11. The molecule has 114 valence electrons. The molecule has 1 N–H and O–H groups in total. The molecule has 0 saturated carbocycles. The summed E-state index contributed by atoms with van der Waals surface area (Å²) in [4.78, 5) is 0. The van der Waals surface area contributed by atoms with Crippen molar-refractivity contribution in [2.45, 2.75) is 45.3 Å². The number of aliphatic hydroxyl groups excluding tert-OH is 1. The van der Waals surface area contributed by atoms with Gasteiger partial charge in [-0.1, -0.05) is 29.8 Å². The molecule has 0 fully saturated rings. The molecule has 0 radical (unpaired) electrons. The number of aliphatic hydroxyl groups is 1. The highest BCUT2D eigenvalue weighted by Gasteiger charge is 2.29. The molecule has 1 rings (SSSR count). The number of rotatable bonds is 6. The zero-order valence-corrected chi connectivity index (χ0v) is 13.7. The fourth-order valence-electron chi connectivity index (χ4n) is 1.94. The molecule has 20 heavy (non-hydrogen) atoms. The molecule has 0 aliphatic carbocycles. The molecule has 1 aromatic rings. The van der Waals surface area contributed by atoms with Crippen LogP contribution in [0.1, 0.15) is 38.3 Å². The fraction of sp³-hybridized carbons (Fsp3) is 0.625. The van der Waals surface area contributed by atoms with Crippen molar-refractivity contribution in [1.82, 2.24) is 0 Å². The van der Waals surface area contributed by atoms with E-state index in [-0.39, 0.29) is 18.3 Å². The predicted octanol–water partition coefficient (Wildman–Crippen LogP) is 2.75. The van der Waals surface area contributed by atoms with Gasteiger partial charge in [0.25, 0.3) is 0 Å². The summed E-state index contributed by atoms with van der Waals surface area (Å²) < 4.78 is 23.5. The third kappa shape index (κ3) is 4.91. The van der Waals surface area contributed by atoms with Gasteiger partial charge in [0.05, 0.1) is 10.5 Å². The maximum atomic E-state index is 12.1. The monoisotopic (exact) mass is 298 g/mol. The smallest absolute Gasteiger partial charge is 0.155 e. The maximum Gasteiger partial charge on any atom is 0.155 e. The van der Waals surface area contributed by atoms with E-state index >= 15 is 0 Å². The molecule has 0 saturated heterocycles. The zero-order valence-electron chi connectivity index (χ0n) is 12.9. The molecule has 0 amide bonds. The average molecular weight is 298 g/mol. The van der Waals surface area contributed by atoms with E-state index in [2.05, 4.69) is 0 Å². The van der Waals surface area contributed by atoms with Gasteiger partial charge in [-0.25, -0.2) is 8.42 Å². The first kappa shape index (κ1) is 17.2. The Kier molecular flexibility index (Phi) is 5.78. The number of hydrogen-bond donors (Lipinski definition) is 1. The molecule has 1 unspecified atom stereocenters. The van der Waals surface area contributed by atoms with E-state index in [0.717, 1.165) is 12.0 Å². The lowest BCUT2D eigenvalue weighted by Gasteiger charge is -2.21. The largest absolute Gasteiger partial charge is 0.396 e. The number of aryl methyl sites for hydroxylation is 1. The van der Waals surface area contributed by atoms with Crippen LogP contribution in [0.2, 0.25) is 0 Å². The molecule has 4 heteroatoms. The Morgan fingerprint density at radius 1 is 1.15 bits per heavy atom. The third-order valence-electron chi connectivity index (χ3n) is 3.63. The van der Waals surface area contributed by atoms with Crippen molar-refractivity contribution in [2.75, 3.05) is 12.4 Å². The lowest BCUT2D eigenvalue weighted by Crippen LogP contribution is -2.31. The highest BCUT2D eigenvalue weighted by molar-refractivity contribution is 7.92. The molecule has 1 aromatic carbocycles. The van der Waals surface area contributed by atoms with Crippen molar-refractivity contribution in [3.63, 3.8) is 0 Å². The Hall–Kier alpha value is -0.870. The van der Waals surface area contributed by atoms with Crippen molar-refractivity contribution in [3.8, 4) is 0 Å². The molecule has 0 bridgehead atoms. The van der Waals surface area contributed by atoms with Crippen molar-refractivity contribution in [2.24, 2.45) is 5.92 Å². The second-order valence-corrected chi connectivity index (χ2v) is 9.32. The van der Waals surface area contributed by atoms with Crippen LogP contribution < -0.4 is 0 Å². The van der Waals surface area contributed by atoms with Crippen LogP contribution in [0.5, 0.6) is 0 Å². The molecular formula is C16H26O3S.